The molecule has 0 spiro atoms. The summed E-state index contributed by atoms with van der Waals surface area (Å²) in [6.07, 6.45) is -5.96. The molecule has 1 atom stereocenters. The van der Waals surface area contributed by atoms with Gasteiger partial charge >= 0.3 is 12.1 Å². The summed E-state index contributed by atoms with van der Waals surface area (Å²) in [6, 6.07) is 0. The maximum Gasteiger partial charge on any atom is 0.415 e. The predicted molar refractivity (Wildman–Crippen MR) is 57.9 cm³/mol. The van der Waals surface area contributed by atoms with E-state index in [0.717, 1.165) is 0 Å². The molecule has 1 fully saturated rings. The van der Waals surface area contributed by atoms with Crippen LogP contribution in [0.5, 0.6) is 0 Å². The Bertz CT molecular complexity index is 275. The van der Waals surface area contributed by atoms with E-state index in [9.17, 15) is 18.0 Å². The Labute approximate surface area is 104 Å². The van der Waals surface area contributed by atoms with Crippen LogP contribution in [0, 0.1) is 5.92 Å². The lowest BCUT2D eigenvalue weighted by atomic mass is 9.97. The quantitative estimate of drug-likeness (QED) is 0.779. The molecule has 106 valence electrons. The first-order valence-corrected chi connectivity index (χ1v) is 5.98. The van der Waals surface area contributed by atoms with Gasteiger partial charge in [-0.15, -0.1) is 0 Å². The number of ether oxygens (including phenoxy) is 1. The van der Waals surface area contributed by atoms with Crippen molar-refractivity contribution in [3.8, 4) is 0 Å². The minimum atomic E-state index is -4.59. The highest BCUT2D eigenvalue weighted by atomic mass is 19.4. The molecular weight excluding hydrogens is 251 g/mol. The molecule has 18 heavy (non-hydrogen) atoms. The first-order valence-electron chi connectivity index (χ1n) is 5.98. The first kappa shape index (κ1) is 15.2. The number of hydrogen-bond acceptors (Lipinski definition) is 4. The molecule has 0 saturated carbocycles. The number of piperidine rings is 1. The van der Waals surface area contributed by atoms with Gasteiger partial charge < -0.3 is 14.7 Å². The Kier molecular flexibility index (Phi) is 5.40. The molecule has 0 bridgehead atoms. The summed E-state index contributed by atoms with van der Waals surface area (Å²) in [7, 11) is 0. The molecule has 0 aromatic heterocycles. The van der Waals surface area contributed by atoms with E-state index in [4.69, 9.17) is 9.84 Å². The highest BCUT2D eigenvalue weighted by Gasteiger charge is 2.39. The molecule has 0 aliphatic carbocycles. The van der Waals surface area contributed by atoms with Crippen molar-refractivity contribution in [3.05, 3.63) is 0 Å². The number of β-amino-alcohol motifs (C(OH)–C–C–N with tert-alkyl or cyclic N) is 1. The van der Waals surface area contributed by atoms with Gasteiger partial charge in [-0.25, -0.2) is 0 Å². The lowest BCUT2D eigenvalue weighted by molar-refractivity contribution is -0.209. The molecule has 1 saturated heterocycles. The summed E-state index contributed by atoms with van der Waals surface area (Å²) in [4.78, 5) is 12.9. The van der Waals surface area contributed by atoms with Crippen molar-refractivity contribution >= 4 is 5.97 Å². The van der Waals surface area contributed by atoms with Crippen LogP contribution in [0.3, 0.4) is 0 Å². The third kappa shape index (κ3) is 4.45. The molecule has 4 nitrogen and oxygen atoms in total. The SMILES string of the molecule is CCOC(=O)C1CCN(C[C@H](O)C(F)(F)F)CC1. The van der Waals surface area contributed by atoms with Crippen LogP contribution in [-0.4, -0.2) is 54.5 Å². The number of halogens is 3. The van der Waals surface area contributed by atoms with Gasteiger partial charge in [-0.05, 0) is 32.9 Å². The number of aliphatic hydroxyl groups is 1. The number of carbonyl (C=O) groups excluding carboxylic acids is 1. The molecule has 7 heteroatoms. The van der Waals surface area contributed by atoms with Gasteiger partial charge in [0.2, 0.25) is 0 Å². The van der Waals surface area contributed by atoms with Crippen molar-refractivity contribution < 1.29 is 27.8 Å². The number of hydrogen-bond donors (Lipinski definition) is 1. The molecule has 0 amide bonds. The van der Waals surface area contributed by atoms with Crippen molar-refractivity contribution in [2.24, 2.45) is 5.92 Å². The van der Waals surface area contributed by atoms with Crippen LogP contribution in [-0.2, 0) is 9.53 Å². The van der Waals surface area contributed by atoms with E-state index in [1.54, 1.807) is 6.92 Å². The summed E-state index contributed by atoms with van der Waals surface area (Å²) in [6.45, 7) is 2.34. The smallest absolute Gasteiger partial charge is 0.415 e. The fraction of sp³-hybridized carbons (Fsp3) is 0.909. The monoisotopic (exact) mass is 269 g/mol. The number of likely N-dealkylation sites (tertiary alicyclic amines) is 1. The second-order valence-corrected chi connectivity index (χ2v) is 4.38. The minimum Gasteiger partial charge on any atom is -0.466 e. The average Bonchev–Trinajstić information content (AvgIpc) is 2.29. The first-order chi connectivity index (χ1) is 8.34. The van der Waals surface area contributed by atoms with Crippen LogP contribution in [0.15, 0.2) is 0 Å². The van der Waals surface area contributed by atoms with Gasteiger partial charge in [0.25, 0.3) is 0 Å². The molecule has 1 aliphatic rings. The highest BCUT2D eigenvalue weighted by molar-refractivity contribution is 5.72. The van der Waals surface area contributed by atoms with Gasteiger partial charge in [-0.1, -0.05) is 0 Å². The lowest BCUT2D eigenvalue weighted by Gasteiger charge is -2.32. The molecular formula is C11H18F3NO3. The third-order valence-corrected chi connectivity index (χ3v) is 3.02. The molecule has 1 aliphatic heterocycles. The van der Waals surface area contributed by atoms with Crippen LogP contribution < -0.4 is 0 Å². The molecule has 0 aromatic rings. The molecule has 0 unspecified atom stereocenters. The number of nitrogens with zero attached hydrogens (tertiary/aromatic N) is 1. The normalized spacial score (nSPS) is 20.7. The van der Waals surface area contributed by atoms with Gasteiger partial charge in [0, 0.05) is 6.54 Å². The van der Waals surface area contributed by atoms with E-state index >= 15 is 0 Å². The molecule has 0 aromatic carbocycles. The molecule has 0 radical (unpaired) electrons. The van der Waals surface area contributed by atoms with Crippen molar-refractivity contribution in [1.29, 1.82) is 0 Å². The Hall–Kier alpha value is -0.820. The summed E-state index contributed by atoms with van der Waals surface area (Å²) in [5, 5.41) is 8.94. The summed E-state index contributed by atoms with van der Waals surface area (Å²) in [5.74, 6) is -0.516. The zero-order valence-electron chi connectivity index (χ0n) is 10.2. The molecule has 1 rings (SSSR count). The maximum absolute atomic E-state index is 12.2. The number of aliphatic hydroxyl groups excluding tert-OH is 1. The Morgan fingerprint density at radius 3 is 2.44 bits per heavy atom. The largest absolute Gasteiger partial charge is 0.466 e. The van der Waals surface area contributed by atoms with Crippen molar-refractivity contribution in [2.45, 2.75) is 32.0 Å². The number of alkyl halides is 3. The summed E-state index contributed by atoms with van der Waals surface area (Å²) < 4.78 is 41.3. The van der Waals surface area contributed by atoms with Gasteiger partial charge in [0.15, 0.2) is 6.10 Å². The fourth-order valence-electron chi connectivity index (χ4n) is 1.96. The second-order valence-electron chi connectivity index (χ2n) is 4.38. The topological polar surface area (TPSA) is 49.8 Å². The van der Waals surface area contributed by atoms with Crippen molar-refractivity contribution in [3.63, 3.8) is 0 Å². The van der Waals surface area contributed by atoms with E-state index in [0.29, 0.717) is 32.5 Å². The third-order valence-electron chi connectivity index (χ3n) is 3.02. The van der Waals surface area contributed by atoms with Gasteiger partial charge in [-0.2, -0.15) is 13.2 Å². The van der Waals surface area contributed by atoms with E-state index in [1.807, 2.05) is 0 Å². The van der Waals surface area contributed by atoms with Crippen LogP contribution in [0.4, 0.5) is 13.2 Å². The van der Waals surface area contributed by atoms with Crippen molar-refractivity contribution in [1.82, 2.24) is 4.90 Å². The second kappa shape index (κ2) is 6.38. The van der Waals surface area contributed by atoms with Crippen molar-refractivity contribution in [2.75, 3.05) is 26.2 Å². The molecule has 1 N–H and O–H groups in total. The van der Waals surface area contributed by atoms with E-state index in [2.05, 4.69) is 0 Å². The van der Waals surface area contributed by atoms with Gasteiger partial charge in [-0.3, -0.25) is 4.79 Å². The number of carbonyl (C=O) groups is 1. The minimum absolute atomic E-state index is 0.232. The highest BCUT2D eigenvalue weighted by Crippen LogP contribution is 2.23. The Balaban J connectivity index is 2.33. The summed E-state index contributed by atoms with van der Waals surface area (Å²) in [5.41, 5.74) is 0. The van der Waals surface area contributed by atoms with Crippen LogP contribution in [0.2, 0.25) is 0 Å². The van der Waals surface area contributed by atoms with E-state index < -0.39 is 18.8 Å². The summed E-state index contributed by atoms with van der Waals surface area (Å²) >= 11 is 0. The zero-order chi connectivity index (χ0) is 13.8. The van der Waals surface area contributed by atoms with Crippen LogP contribution >= 0.6 is 0 Å². The lowest BCUT2D eigenvalue weighted by Crippen LogP contribution is -2.45. The van der Waals surface area contributed by atoms with Gasteiger partial charge in [0.1, 0.15) is 0 Å². The number of rotatable bonds is 4. The maximum atomic E-state index is 12.2. The predicted octanol–water partition coefficient (Wildman–Crippen LogP) is 1.18. The standard InChI is InChI=1S/C11H18F3NO3/c1-2-18-10(17)8-3-5-15(6-4-8)7-9(16)11(12,13)14/h8-9,16H,2-7H2,1H3/t9-/m0/s1. The van der Waals surface area contributed by atoms with Crippen LogP contribution in [0.1, 0.15) is 19.8 Å². The fourth-order valence-corrected chi connectivity index (χ4v) is 1.96. The average molecular weight is 269 g/mol. The van der Waals surface area contributed by atoms with Crippen LogP contribution in [0.25, 0.3) is 0 Å². The van der Waals surface area contributed by atoms with E-state index in [-0.39, 0.29) is 11.9 Å². The van der Waals surface area contributed by atoms with E-state index in [1.165, 1.54) is 4.90 Å². The zero-order valence-corrected chi connectivity index (χ0v) is 10.2. The molecule has 1 heterocycles. The van der Waals surface area contributed by atoms with Gasteiger partial charge in [0.05, 0.1) is 12.5 Å². The Morgan fingerprint density at radius 2 is 2.00 bits per heavy atom. The number of esters is 1. The Morgan fingerprint density at radius 1 is 1.44 bits per heavy atom.